The van der Waals surface area contributed by atoms with E-state index < -0.39 is 27.4 Å². The van der Waals surface area contributed by atoms with Crippen LogP contribution < -0.4 is 5.32 Å². The zero-order valence-electron chi connectivity index (χ0n) is 10.4. The molecule has 2 amide bonds. The van der Waals surface area contributed by atoms with E-state index in [4.69, 9.17) is 0 Å². The molecule has 1 aromatic heterocycles. The second kappa shape index (κ2) is 5.16. The lowest BCUT2D eigenvalue weighted by Gasteiger charge is -2.38. The van der Waals surface area contributed by atoms with Gasteiger partial charge in [0, 0.05) is 0 Å². The minimum absolute atomic E-state index is 0.0324. The summed E-state index contributed by atoms with van der Waals surface area (Å²) in [5.74, 6) is -1.27. The van der Waals surface area contributed by atoms with E-state index in [9.17, 15) is 18.0 Å². The van der Waals surface area contributed by atoms with Gasteiger partial charge in [-0.15, -0.1) is 11.3 Å². The smallest absolute Gasteiger partial charge is 0.247 e. The number of rotatable bonds is 2. The summed E-state index contributed by atoms with van der Waals surface area (Å²) in [6.07, 6.45) is 0. The third-order valence-corrected chi connectivity index (χ3v) is 7.69. The van der Waals surface area contributed by atoms with Gasteiger partial charge < -0.3 is 0 Å². The monoisotopic (exact) mass is 444 g/mol. The largest absolute Gasteiger partial charge is 0.294 e. The summed E-state index contributed by atoms with van der Waals surface area (Å²) in [5, 5.41) is 2.14. The second-order valence-electron chi connectivity index (χ2n) is 4.64. The molecule has 0 atom stereocenters. The molecular weight excluding hydrogens is 436 g/mol. The van der Waals surface area contributed by atoms with Crippen molar-refractivity contribution in [1.82, 2.24) is 9.62 Å². The van der Waals surface area contributed by atoms with Gasteiger partial charge in [0.25, 0.3) is 0 Å². The summed E-state index contributed by atoms with van der Waals surface area (Å²) >= 11 is 7.60. The molecule has 0 saturated carbocycles. The Morgan fingerprint density at radius 1 is 1.35 bits per heavy atom. The van der Waals surface area contributed by atoms with Crippen molar-refractivity contribution >= 4 is 65.0 Å². The van der Waals surface area contributed by atoms with Crippen molar-refractivity contribution in [2.75, 3.05) is 6.54 Å². The molecule has 6 nitrogen and oxygen atoms in total. The van der Waals surface area contributed by atoms with Gasteiger partial charge in [0.2, 0.25) is 21.8 Å². The molecule has 1 aliphatic heterocycles. The third kappa shape index (κ3) is 2.59. The number of carbonyl (C=O) groups is 2. The topological polar surface area (TPSA) is 83.6 Å². The molecule has 110 valence electrons. The Kier molecular flexibility index (Phi) is 4.15. The van der Waals surface area contributed by atoms with Crippen LogP contribution >= 0.6 is 43.2 Å². The van der Waals surface area contributed by atoms with Crippen molar-refractivity contribution in [3.8, 4) is 0 Å². The first-order chi connectivity index (χ1) is 9.06. The van der Waals surface area contributed by atoms with Gasteiger partial charge in [-0.05, 0) is 51.8 Å². The van der Waals surface area contributed by atoms with Crippen molar-refractivity contribution in [1.29, 1.82) is 0 Å². The summed E-state index contributed by atoms with van der Waals surface area (Å²) in [6.45, 7) is 2.53. The molecule has 1 N–H and O–H groups in total. The number of thiophene rings is 1. The summed E-state index contributed by atoms with van der Waals surface area (Å²) < 4.78 is 27.3. The molecular formula is C10H10Br2N2O4S2. The molecule has 20 heavy (non-hydrogen) atoms. The van der Waals surface area contributed by atoms with Crippen LogP contribution in [-0.2, 0) is 19.6 Å². The number of piperazine rings is 1. The maximum atomic E-state index is 12.7. The fraction of sp³-hybridized carbons (Fsp3) is 0.400. The number of nitrogens with one attached hydrogen (secondary N) is 1. The van der Waals surface area contributed by atoms with Gasteiger partial charge in [-0.2, -0.15) is 4.31 Å². The maximum Gasteiger partial charge on any atom is 0.247 e. The fourth-order valence-corrected chi connectivity index (χ4v) is 7.24. The van der Waals surface area contributed by atoms with Crippen molar-refractivity contribution in [3.63, 3.8) is 0 Å². The number of amides is 2. The zero-order chi connectivity index (χ0) is 15.3. The molecule has 2 heterocycles. The lowest BCUT2D eigenvalue weighted by molar-refractivity contribution is -0.141. The molecule has 0 aliphatic carbocycles. The average Bonchev–Trinajstić information content (AvgIpc) is 2.64. The zero-order valence-corrected chi connectivity index (χ0v) is 15.2. The Morgan fingerprint density at radius 3 is 2.45 bits per heavy atom. The van der Waals surface area contributed by atoms with Crippen LogP contribution in [0.4, 0.5) is 0 Å². The van der Waals surface area contributed by atoms with E-state index in [1.54, 1.807) is 0 Å². The van der Waals surface area contributed by atoms with E-state index >= 15 is 0 Å². The highest BCUT2D eigenvalue weighted by molar-refractivity contribution is 9.12. The van der Waals surface area contributed by atoms with Crippen LogP contribution in [0, 0.1) is 0 Å². The van der Waals surface area contributed by atoms with Crippen LogP contribution in [0.3, 0.4) is 0 Å². The predicted molar refractivity (Wildman–Crippen MR) is 80.8 cm³/mol. The number of sulfonamides is 1. The molecule has 0 unspecified atom stereocenters. The number of imide groups is 1. The van der Waals surface area contributed by atoms with Crippen molar-refractivity contribution < 1.29 is 18.0 Å². The Bertz CT molecular complexity index is 696. The molecule has 0 aromatic carbocycles. The molecule has 2 rings (SSSR count). The maximum absolute atomic E-state index is 12.7. The van der Waals surface area contributed by atoms with Gasteiger partial charge in [-0.25, -0.2) is 8.42 Å². The van der Waals surface area contributed by atoms with Gasteiger partial charge in [0.1, 0.15) is 10.4 Å². The standard InChI is InChI=1S/C10H10Br2N2O4S2/c1-10(2)9(16)13-7(15)4-14(10)20(17,18)5-3-6(11)19-8(5)12/h3H,4H2,1-2H3,(H,13,15,16). The lowest BCUT2D eigenvalue weighted by atomic mass is 10.0. The number of carbonyl (C=O) groups excluding carboxylic acids is 2. The molecule has 1 aromatic rings. The predicted octanol–water partition coefficient (Wildman–Crippen LogP) is 1.70. The molecule has 10 heteroatoms. The van der Waals surface area contributed by atoms with Crippen molar-refractivity contribution in [2.24, 2.45) is 0 Å². The Balaban J connectivity index is 2.55. The molecule has 0 radical (unpaired) electrons. The highest BCUT2D eigenvalue weighted by Crippen LogP contribution is 2.38. The summed E-state index contributed by atoms with van der Waals surface area (Å²) in [6, 6.07) is 1.44. The quantitative estimate of drug-likeness (QED) is 0.702. The van der Waals surface area contributed by atoms with E-state index in [-0.39, 0.29) is 11.4 Å². The van der Waals surface area contributed by atoms with E-state index in [1.807, 2.05) is 0 Å². The SMILES string of the molecule is CC1(C)C(=O)NC(=O)CN1S(=O)(=O)c1cc(Br)sc1Br. The van der Waals surface area contributed by atoms with Gasteiger partial charge >= 0.3 is 0 Å². The first kappa shape index (κ1) is 16.1. The fourth-order valence-electron chi connectivity index (χ4n) is 1.77. The highest BCUT2D eigenvalue weighted by atomic mass is 79.9. The summed E-state index contributed by atoms with van der Waals surface area (Å²) in [5.41, 5.74) is -1.33. The number of hydrogen-bond acceptors (Lipinski definition) is 5. The Morgan fingerprint density at radius 2 is 1.95 bits per heavy atom. The van der Waals surface area contributed by atoms with Crippen LogP contribution in [-0.4, -0.2) is 36.6 Å². The molecule has 0 bridgehead atoms. The Hall–Kier alpha value is -0.290. The van der Waals surface area contributed by atoms with E-state index in [0.29, 0.717) is 7.57 Å². The minimum atomic E-state index is -3.96. The summed E-state index contributed by atoms with van der Waals surface area (Å²) in [4.78, 5) is 23.4. The van der Waals surface area contributed by atoms with Crippen LogP contribution in [0.1, 0.15) is 13.8 Å². The molecule has 1 aliphatic rings. The van der Waals surface area contributed by atoms with Crippen LogP contribution in [0.2, 0.25) is 0 Å². The van der Waals surface area contributed by atoms with Gasteiger partial charge in [0.15, 0.2) is 0 Å². The Labute approximate surface area is 136 Å². The van der Waals surface area contributed by atoms with Crippen LogP contribution in [0.15, 0.2) is 18.5 Å². The van der Waals surface area contributed by atoms with E-state index in [2.05, 4.69) is 37.2 Å². The summed E-state index contributed by atoms with van der Waals surface area (Å²) in [7, 11) is -3.96. The minimum Gasteiger partial charge on any atom is -0.294 e. The second-order valence-corrected chi connectivity index (χ2v) is 10.2. The molecule has 0 spiro atoms. The van der Waals surface area contributed by atoms with Crippen LogP contribution in [0.5, 0.6) is 0 Å². The average molecular weight is 446 g/mol. The number of halogens is 2. The third-order valence-electron chi connectivity index (χ3n) is 2.91. The number of nitrogens with zero attached hydrogens (tertiary/aromatic N) is 1. The van der Waals surface area contributed by atoms with Gasteiger partial charge in [-0.1, -0.05) is 0 Å². The molecule has 1 fully saturated rings. The van der Waals surface area contributed by atoms with Crippen molar-refractivity contribution in [3.05, 3.63) is 13.6 Å². The first-order valence-corrected chi connectivity index (χ1v) is 9.23. The number of hydrogen-bond donors (Lipinski definition) is 1. The molecule has 1 saturated heterocycles. The van der Waals surface area contributed by atoms with Gasteiger partial charge in [-0.3, -0.25) is 14.9 Å². The van der Waals surface area contributed by atoms with Gasteiger partial charge in [0.05, 0.1) is 14.1 Å². The van der Waals surface area contributed by atoms with E-state index in [1.165, 1.54) is 31.3 Å². The highest BCUT2D eigenvalue weighted by Gasteiger charge is 2.48. The first-order valence-electron chi connectivity index (χ1n) is 5.39. The van der Waals surface area contributed by atoms with E-state index in [0.717, 1.165) is 4.31 Å². The van der Waals surface area contributed by atoms with Crippen LogP contribution in [0.25, 0.3) is 0 Å². The normalized spacial score (nSPS) is 20.0. The van der Waals surface area contributed by atoms with Crippen molar-refractivity contribution in [2.45, 2.75) is 24.3 Å². The lowest BCUT2D eigenvalue weighted by Crippen LogP contribution is -2.65.